The van der Waals surface area contributed by atoms with Gasteiger partial charge in [0, 0.05) is 23.6 Å². The molecule has 1 aliphatic heterocycles. The Balaban J connectivity index is 1.45. The second kappa shape index (κ2) is 7.67. The molecule has 3 aromatic rings. The summed E-state index contributed by atoms with van der Waals surface area (Å²) in [5, 5.41) is 8.49. The van der Waals surface area contributed by atoms with E-state index in [0.717, 1.165) is 5.69 Å². The molecule has 0 spiro atoms. The molecule has 0 saturated carbocycles. The highest BCUT2D eigenvalue weighted by atomic mass is 19.1. The van der Waals surface area contributed by atoms with E-state index in [1.165, 1.54) is 30.5 Å². The fraction of sp³-hybridized carbons (Fsp3) is 0.0952. The van der Waals surface area contributed by atoms with Crippen LogP contribution in [0.1, 0.15) is 17.0 Å². The molecule has 0 aliphatic carbocycles. The van der Waals surface area contributed by atoms with Gasteiger partial charge in [0.1, 0.15) is 11.6 Å². The molecule has 1 amide bonds. The highest BCUT2D eigenvalue weighted by molar-refractivity contribution is 6.31. The number of carbonyl (C=O) groups is 1. The minimum atomic E-state index is -0.452. The third-order valence-electron chi connectivity index (χ3n) is 4.41. The minimum Gasteiger partial charge on any atom is -0.377 e. The lowest BCUT2D eigenvalue weighted by molar-refractivity contribution is -0.110. The highest BCUT2D eigenvalue weighted by Gasteiger charge is 2.24. The van der Waals surface area contributed by atoms with Crippen molar-refractivity contribution in [1.29, 1.82) is 0 Å². The molecule has 0 unspecified atom stereocenters. The molecule has 8 heteroatoms. The Kier molecular flexibility index (Phi) is 4.90. The smallest absolute Gasteiger partial charge is 0.257 e. The lowest BCUT2D eigenvalue weighted by atomic mass is 10.1. The van der Waals surface area contributed by atoms with Gasteiger partial charge < -0.3 is 16.0 Å². The number of nitrogens with one attached hydrogen (secondary N) is 3. The summed E-state index contributed by atoms with van der Waals surface area (Å²) in [6.45, 7) is 2.19. The van der Waals surface area contributed by atoms with Gasteiger partial charge in [0.05, 0.1) is 41.1 Å². The molecular weight excluding hydrogens is 376 g/mol. The number of anilines is 3. The zero-order valence-electron chi connectivity index (χ0n) is 15.5. The van der Waals surface area contributed by atoms with Crippen LogP contribution in [0.4, 0.5) is 25.8 Å². The maximum atomic E-state index is 14.4. The molecule has 146 valence electrons. The molecule has 2 aromatic carbocycles. The highest BCUT2D eigenvalue weighted by Crippen LogP contribution is 2.32. The first kappa shape index (κ1) is 18.5. The van der Waals surface area contributed by atoms with E-state index in [1.807, 2.05) is 6.92 Å². The summed E-state index contributed by atoms with van der Waals surface area (Å²) in [5.74, 6) is -1.23. The van der Waals surface area contributed by atoms with Crippen molar-refractivity contribution in [1.82, 2.24) is 9.97 Å². The number of hydrogen-bond acceptors (Lipinski definition) is 5. The Bertz CT molecular complexity index is 1110. The van der Waals surface area contributed by atoms with Crippen LogP contribution in [0.5, 0.6) is 0 Å². The van der Waals surface area contributed by atoms with Crippen LogP contribution in [0, 0.1) is 18.6 Å². The van der Waals surface area contributed by atoms with Gasteiger partial charge in [-0.3, -0.25) is 14.8 Å². The number of rotatable bonds is 5. The standard InChI is InChI=1S/C21H17F2N5O/c1-12-8-25-15(9-24-12)10-27-19-5-3-14(7-18(19)23)26-11-17-16-4-2-13(22)6-20(16)28-21(17)29/h2-9,11,26-27H,10H2,1H3,(H,28,29)/b17-11+. The van der Waals surface area contributed by atoms with E-state index in [2.05, 4.69) is 25.9 Å². The maximum absolute atomic E-state index is 14.4. The Hall–Kier alpha value is -3.81. The fourth-order valence-corrected chi connectivity index (χ4v) is 2.91. The third-order valence-corrected chi connectivity index (χ3v) is 4.41. The predicted octanol–water partition coefficient (Wildman–Crippen LogP) is 4.08. The molecule has 1 aromatic heterocycles. The van der Waals surface area contributed by atoms with E-state index < -0.39 is 11.6 Å². The van der Waals surface area contributed by atoms with Crippen LogP contribution in [0.25, 0.3) is 5.57 Å². The summed E-state index contributed by atoms with van der Waals surface area (Å²) >= 11 is 0. The maximum Gasteiger partial charge on any atom is 0.257 e. The van der Waals surface area contributed by atoms with Gasteiger partial charge in [0.15, 0.2) is 0 Å². The van der Waals surface area contributed by atoms with Gasteiger partial charge in [-0.2, -0.15) is 0 Å². The average Bonchev–Trinajstić information content (AvgIpc) is 3.01. The summed E-state index contributed by atoms with van der Waals surface area (Å²) in [4.78, 5) is 20.5. The summed E-state index contributed by atoms with van der Waals surface area (Å²) < 4.78 is 27.7. The zero-order chi connectivity index (χ0) is 20.4. The molecule has 3 N–H and O–H groups in total. The van der Waals surface area contributed by atoms with Crippen molar-refractivity contribution in [2.45, 2.75) is 13.5 Å². The monoisotopic (exact) mass is 393 g/mol. The van der Waals surface area contributed by atoms with Crippen LogP contribution in [0.2, 0.25) is 0 Å². The first-order valence-electron chi connectivity index (χ1n) is 8.88. The summed E-state index contributed by atoms with van der Waals surface area (Å²) in [6.07, 6.45) is 4.77. The Labute approximate surface area is 165 Å². The van der Waals surface area contributed by atoms with Crippen molar-refractivity contribution in [3.8, 4) is 0 Å². The van der Waals surface area contributed by atoms with Crippen LogP contribution >= 0.6 is 0 Å². The molecule has 1 aliphatic rings. The van der Waals surface area contributed by atoms with Crippen molar-refractivity contribution in [2.24, 2.45) is 0 Å². The van der Waals surface area contributed by atoms with Gasteiger partial charge in [-0.05, 0) is 43.3 Å². The molecule has 0 saturated heterocycles. The van der Waals surface area contributed by atoms with E-state index in [-0.39, 0.29) is 5.91 Å². The van der Waals surface area contributed by atoms with E-state index in [9.17, 15) is 13.6 Å². The van der Waals surface area contributed by atoms with Crippen LogP contribution in [-0.4, -0.2) is 15.9 Å². The lowest BCUT2D eigenvalue weighted by Gasteiger charge is -2.09. The number of aromatic nitrogens is 2. The van der Waals surface area contributed by atoms with Gasteiger partial charge in [-0.1, -0.05) is 0 Å². The van der Waals surface area contributed by atoms with Crippen LogP contribution in [-0.2, 0) is 11.3 Å². The molecule has 0 radical (unpaired) electrons. The molecule has 29 heavy (non-hydrogen) atoms. The topological polar surface area (TPSA) is 78.9 Å². The summed E-state index contributed by atoms with van der Waals surface area (Å²) in [6, 6.07) is 8.66. The molecule has 6 nitrogen and oxygen atoms in total. The van der Waals surface area contributed by atoms with Gasteiger partial charge in [0.2, 0.25) is 0 Å². The normalized spacial score (nSPS) is 13.9. The van der Waals surface area contributed by atoms with Crippen LogP contribution in [0.15, 0.2) is 55.0 Å². The number of halogens is 2. The molecule has 0 bridgehead atoms. The first-order chi connectivity index (χ1) is 14.0. The molecule has 4 rings (SSSR count). The Morgan fingerprint density at radius 1 is 1.10 bits per heavy atom. The van der Waals surface area contributed by atoms with E-state index in [0.29, 0.717) is 40.4 Å². The number of fused-ring (bicyclic) bond motifs is 1. The number of nitrogens with zero attached hydrogens (tertiary/aromatic N) is 2. The number of benzene rings is 2. The van der Waals surface area contributed by atoms with Crippen molar-refractivity contribution < 1.29 is 13.6 Å². The van der Waals surface area contributed by atoms with Crippen molar-refractivity contribution in [2.75, 3.05) is 16.0 Å². The Morgan fingerprint density at radius 2 is 1.97 bits per heavy atom. The van der Waals surface area contributed by atoms with E-state index in [4.69, 9.17) is 0 Å². The first-order valence-corrected chi connectivity index (χ1v) is 8.88. The van der Waals surface area contributed by atoms with Gasteiger partial charge in [0.25, 0.3) is 5.91 Å². The predicted molar refractivity (Wildman–Crippen MR) is 107 cm³/mol. The second-order valence-corrected chi connectivity index (χ2v) is 6.54. The summed E-state index contributed by atoms with van der Waals surface area (Å²) in [7, 11) is 0. The van der Waals surface area contributed by atoms with Crippen molar-refractivity contribution in [3.05, 3.63) is 83.6 Å². The third kappa shape index (κ3) is 4.06. The van der Waals surface area contributed by atoms with E-state index in [1.54, 1.807) is 24.5 Å². The second-order valence-electron chi connectivity index (χ2n) is 6.54. The number of amides is 1. The number of aryl methyl sites for hydroxylation is 1. The van der Waals surface area contributed by atoms with Gasteiger partial charge in [-0.25, -0.2) is 8.78 Å². The van der Waals surface area contributed by atoms with Gasteiger partial charge in [-0.15, -0.1) is 0 Å². The van der Waals surface area contributed by atoms with Crippen molar-refractivity contribution in [3.63, 3.8) is 0 Å². The van der Waals surface area contributed by atoms with E-state index >= 15 is 0 Å². The average molecular weight is 393 g/mol. The zero-order valence-corrected chi connectivity index (χ0v) is 15.5. The van der Waals surface area contributed by atoms with Crippen LogP contribution < -0.4 is 16.0 Å². The quantitative estimate of drug-likeness (QED) is 0.570. The van der Waals surface area contributed by atoms with Crippen molar-refractivity contribution >= 4 is 28.5 Å². The lowest BCUT2D eigenvalue weighted by Crippen LogP contribution is -2.06. The largest absolute Gasteiger partial charge is 0.377 e. The Morgan fingerprint density at radius 3 is 2.72 bits per heavy atom. The molecule has 0 atom stereocenters. The molecule has 0 fully saturated rings. The summed E-state index contributed by atoms with van der Waals surface area (Å²) in [5.41, 5.74) is 3.65. The van der Waals surface area contributed by atoms with Crippen LogP contribution in [0.3, 0.4) is 0 Å². The SMILES string of the molecule is Cc1cnc(CNc2ccc(N/C=C3/C(=O)Nc4cc(F)ccc43)cc2F)cn1. The van der Waals surface area contributed by atoms with Gasteiger partial charge >= 0.3 is 0 Å². The number of hydrogen-bond donors (Lipinski definition) is 3. The molecular formula is C21H17F2N5O. The number of carbonyl (C=O) groups excluding carboxylic acids is 1. The minimum absolute atomic E-state index is 0.324. The fourth-order valence-electron chi connectivity index (χ4n) is 2.91. The molecule has 2 heterocycles.